The molecule has 1 aromatic carbocycles. The number of carbonyl (C=O) groups excluding carboxylic acids is 1. The maximum absolute atomic E-state index is 13.0. The van der Waals surface area contributed by atoms with Gasteiger partial charge < -0.3 is 5.32 Å². The van der Waals surface area contributed by atoms with Gasteiger partial charge in [-0.05, 0) is 25.1 Å². The van der Waals surface area contributed by atoms with Gasteiger partial charge in [0.2, 0.25) is 0 Å². The minimum Gasteiger partial charge on any atom is -0.346 e. The molecule has 2 aromatic rings. The maximum Gasteiger partial charge on any atom is 0.251 e. The van der Waals surface area contributed by atoms with Crippen LogP contribution in [0.4, 0.5) is 4.39 Å². The van der Waals surface area contributed by atoms with Gasteiger partial charge in [-0.2, -0.15) is 0 Å². The molecule has 0 atom stereocenters. The number of aromatic nitrogens is 1. The van der Waals surface area contributed by atoms with Crippen molar-refractivity contribution >= 4 is 29.9 Å². The number of hydrogen-bond donors (Lipinski definition) is 2. The van der Waals surface area contributed by atoms with Crippen LogP contribution in [0.5, 0.6) is 0 Å². The summed E-state index contributed by atoms with van der Waals surface area (Å²) < 4.78 is 13.0. The molecule has 1 amide bonds. The fourth-order valence-corrected chi connectivity index (χ4v) is 2.34. The molecule has 0 radical (unpaired) electrons. The van der Waals surface area contributed by atoms with E-state index in [-0.39, 0.29) is 10.8 Å². The molecule has 0 saturated heterocycles. The first-order valence-corrected chi connectivity index (χ1v) is 6.50. The Morgan fingerprint density at radius 3 is 2.94 bits per heavy atom. The first kappa shape index (κ1) is 13.0. The molecule has 18 heavy (non-hydrogen) atoms. The quantitative estimate of drug-likeness (QED) is 0.850. The Balaban J connectivity index is 2.01. The van der Waals surface area contributed by atoms with Crippen molar-refractivity contribution in [1.29, 1.82) is 0 Å². The standard InChI is InChI=1S/C12H11FN2OS2/c1-7-5-14-11(18-7)6-15-12(16)8-2-3-9(13)10(17)4-8/h2-5,17H,6H2,1H3,(H,15,16). The normalized spacial score (nSPS) is 10.4. The minimum atomic E-state index is -0.439. The monoisotopic (exact) mass is 282 g/mol. The van der Waals surface area contributed by atoms with Crippen LogP contribution in [0.3, 0.4) is 0 Å². The number of nitrogens with zero attached hydrogens (tertiary/aromatic N) is 1. The van der Waals surface area contributed by atoms with Gasteiger partial charge in [0.25, 0.3) is 5.91 Å². The second-order valence-electron chi connectivity index (χ2n) is 3.71. The van der Waals surface area contributed by atoms with E-state index in [4.69, 9.17) is 0 Å². The summed E-state index contributed by atoms with van der Waals surface area (Å²) in [6, 6.07) is 4.06. The molecule has 0 bridgehead atoms. The molecular weight excluding hydrogens is 271 g/mol. The van der Waals surface area contributed by atoms with E-state index in [9.17, 15) is 9.18 Å². The lowest BCUT2D eigenvalue weighted by atomic mass is 10.2. The third kappa shape index (κ3) is 3.08. The van der Waals surface area contributed by atoms with E-state index in [1.807, 2.05) is 6.92 Å². The van der Waals surface area contributed by atoms with Gasteiger partial charge in [0, 0.05) is 21.5 Å². The highest BCUT2D eigenvalue weighted by Gasteiger charge is 2.08. The number of hydrogen-bond acceptors (Lipinski definition) is 4. The zero-order valence-electron chi connectivity index (χ0n) is 9.61. The molecule has 0 unspecified atom stereocenters. The molecule has 0 fully saturated rings. The van der Waals surface area contributed by atoms with Crippen LogP contribution in [-0.2, 0) is 6.54 Å². The molecule has 2 rings (SSSR count). The van der Waals surface area contributed by atoms with E-state index in [0.717, 1.165) is 9.88 Å². The predicted molar refractivity (Wildman–Crippen MR) is 71.7 cm³/mol. The Hall–Kier alpha value is -1.40. The Morgan fingerprint density at radius 2 is 2.33 bits per heavy atom. The van der Waals surface area contributed by atoms with Gasteiger partial charge in [-0.3, -0.25) is 4.79 Å². The van der Waals surface area contributed by atoms with E-state index in [1.54, 1.807) is 6.20 Å². The van der Waals surface area contributed by atoms with Gasteiger partial charge in [-0.25, -0.2) is 9.37 Å². The van der Waals surface area contributed by atoms with Crippen molar-refractivity contribution in [1.82, 2.24) is 10.3 Å². The number of aryl methyl sites for hydroxylation is 1. The molecule has 1 aromatic heterocycles. The fourth-order valence-electron chi connectivity index (χ4n) is 1.40. The van der Waals surface area contributed by atoms with Gasteiger partial charge in [0.15, 0.2) is 0 Å². The lowest BCUT2D eigenvalue weighted by molar-refractivity contribution is 0.0950. The lowest BCUT2D eigenvalue weighted by Crippen LogP contribution is -2.22. The van der Waals surface area contributed by atoms with Crippen LogP contribution in [0.1, 0.15) is 20.2 Å². The molecule has 1 N–H and O–H groups in total. The third-order valence-corrected chi connectivity index (χ3v) is 3.53. The molecule has 94 valence electrons. The van der Waals surface area contributed by atoms with E-state index >= 15 is 0 Å². The fraction of sp³-hybridized carbons (Fsp3) is 0.167. The maximum atomic E-state index is 13.0. The summed E-state index contributed by atoms with van der Waals surface area (Å²) in [6.07, 6.45) is 1.76. The highest BCUT2D eigenvalue weighted by atomic mass is 32.1. The predicted octanol–water partition coefficient (Wildman–Crippen LogP) is 2.81. The largest absolute Gasteiger partial charge is 0.346 e. The number of carbonyl (C=O) groups is 1. The zero-order valence-corrected chi connectivity index (χ0v) is 11.3. The molecule has 0 saturated carbocycles. The van der Waals surface area contributed by atoms with Crippen molar-refractivity contribution in [2.75, 3.05) is 0 Å². The topological polar surface area (TPSA) is 42.0 Å². The highest BCUT2D eigenvalue weighted by molar-refractivity contribution is 7.80. The number of thiol groups is 1. The van der Waals surface area contributed by atoms with Gasteiger partial charge >= 0.3 is 0 Å². The SMILES string of the molecule is Cc1cnc(CNC(=O)c2ccc(F)c(S)c2)s1. The van der Waals surface area contributed by atoms with Crippen LogP contribution in [-0.4, -0.2) is 10.9 Å². The molecule has 0 aliphatic heterocycles. The second-order valence-corrected chi connectivity index (χ2v) is 5.51. The summed E-state index contributed by atoms with van der Waals surface area (Å²) in [6.45, 7) is 2.33. The number of thiazole rings is 1. The summed E-state index contributed by atoms with van der Waals surface area (Å²) in [5.74, 6) is -0.705. The van der Waals surface area contributed by atoms with Crippen molar-refractivity contribution in [3.63, 3.8) is 0 Å². The first-order chi connectivity index (χ1) is 8.56. The summed E-state index contributed by atoms with van der Waals surface area (Å²) in [7, 11) is 0. The van der Waals surface area contributed by atoms with Crippen LogP contribution in [0, 0.1) is 12.7 Å². The molecule has 0 aliphatic rings. The van der Waals surface area contributed by atoms with Crippen molar-refractivity contribution in [2.45, 2.75) is 18.4 Å². The molecule has 0 aliphatic carbocycles. The number of halogens is 1. The third-order valence-electron chi connectivity index (χ3n) is 2.28. The van der Waals surface area contributed by atoms with Gasteiger partial charge in [0.1, 0.15) is 10.8 Å². The Bertz CT molecular complexity index is 583. The Morgan fingerprint density at radius 1 is 1.56 bits per heavy atom. The van der Waals surface area contributed by atoms with Crippen molar-refractivity contribution in [3.8, 4) is 0 Å². The van der Waals surface area contributed by atoms with Crippen LogP contribution in [0.15, 0.2) is 29.3 Å². The van der Waals surface area contributed by atoms with Gasteiger partial charge in [-0.15, -0.1) is 24.0 Å². The van der Waals surface area contributed by atoms with Crippen molar-refractivity contribution in [2.24, 2.45) is 0 Å². The molecule has 1 heterocycles. The van der Waals surface area contributed by atoms with Crippen LogP contribution >= 0.6 is 24.0 Å². The number of benzene rings is 1. The summed E-state index contributed by atoms with van der Waals surface area (Å²) >= 11 is 5.47. The average Bonchev–Trinajstić information content (AvgIpc) is 2.75. The first-order valence-electron chi connectivity index (χ1n) is 5.24. The Labute approximate surface area is 113 Å². The number of amides is 1. The minimum absolute atomic E-state index is 0.160. The number of rotatable bonds is 3. The summed E-state index contributed by atoms with van der Waals surface area (Å²) in [5.41, 5.74) is 0.384. The van der Waals surface area contributed by atoms with Crippen molar-refractivity contribution in [3.05, 3.63) is 45.7 Å². The van der Waals surface area contributed by atoms with E-state index in [1.165, 1.54) is 29.5 Å². The summed E-state index contributed by atoms with van der Waals surface area (Å²) in [4.78, 5) is 17.2. The van der Waals surface area contributed by atoms with Crippen molar-refractivity contribution < 1.29 is 9.18 Å². The van der Waals surface area contributed by atoms with Crippen LogP contribution in [0.25, 0.3) is 0 Å². The lowest BCUT2D eigenvalue weighted by Gasteiger charge is -2.04. The molecule has 0 spiro atoms. The zero-order chi connectivity index (χ0) is 13.1. The van der Waals surface area contributed by atoms with Crippen LogP contribution < -0.4 is 5.32 Å². The van der Waals surface area contributed by atoms with E-state index in [0.29, 0.717) is 12.1 Å². The molecule has 6 heteroatoms. The summed E-state index contributed by atoms with van der Waals surface area (Å²) in [5, 5.41) is 3.57. The second kappa shape index (κ2) is 5.49. The van der Waals surface area contributed by atoms with Gasteiger partial charge in [-0.1, -0.05) is 0 Å². The van der Waals surface area contributed by atoms with E-state index in [2.05, 4.69) is 22.9 Å². The number of nitrogens with one attached hydrogen (secondary N) is 1. The molecular formula is C12H11FN2OS2. The average molecular weight is 282 g/mol. The highest BCUT2D eigenvalue weighted by Crippen LogP contribution is 2.15. The Kier molecular flexibility index (Phi) is 3.98. The smallest absolute Gasteiger partial charge is 0.251 e. The van der Waals surface area contributed by atoms with Gasteiger partial charge in [0.05, 0.1) is 6.54 Å². The molecule has 3 nitrogen and oxygen atoms in total. The van der Waals surface area contributed by atoms with Crippen LogP contribution in [0.2, 0.25) is 0 Å². The van der Waals surface area contributed by atoms with E-state index < -0.39 is 5.82 Å².